The van der Waals surface area contributed by atoms with Crippen LogP contribution in [0.1, 0.15) is 17.7 Å². The number of rotatable bonds is 5. The molecular formula is C14H14FN3O3. The summed E-state index contributed by atoms with van der Waals surface area (Å²) in [6.07, 6.45) is 2.23. The molecule has 1 aromatic carbocycles. The van der Waals surface area contributed by atoms with Crippen molar-refractivity contribution in [3.63, 3.8) is 0 Å². The summed E-state index contributed by atoms with van der Waals surface area (Å²) >= 11 is 0. The molecule has 4 N–H and O–H groups in total. The summed E-state index contributed by atoms with van der Waals surface area (Å²) < 4.78 is 18.6. The number of furan rings is 1. The fourth-order valence-electron chi connectivity index (χ4n) is 1.77. The van der Waals surface area contributed by atoms with E-state index in [1.54, 1.807) is 12.1 Å². The van der Waals surface area contributed by atoms with Crippen molar-refractivity contribution in [1.29, 1.82) is 0 Å². The molecule has 0 atom stereocenters. The second kappa shape index (κ2) is 6.56. The maximum Gasteiger partial charge on any atom is 0.224 e. The Hall–Kier alpha value is -2.83. The highest BCUT2D eigenvalue weighted by atomic mass is 19.1. The zero-order valence-corrected chi connectivity index (χ0v) is 11.0. The van der Waals surface area contributed by atoms with Crippen molar-refractivity contribution in [3.8, 4) is 0 Å². The van der Waals surface area contributed by atoms with E-state index in [-0.39, 0.29) is 23.7 Å². The first kappa shape index (κ1) is 14.6. The third kappa shape index (κ3) is 3.82. The summed E-state index contributed by atoms with van der Waals surface area (Å²) in [5.41, 5.74) is 5.63. The molecule has 2 aromatic rings. The summed E-state index contributed by atoms with van der Waals surface area (Å²) in [6, 6.07) is 7.36. The van der Waals surface area contributed by atoms with E-state index < -0.39 is 5.82 Å². The minimum Gasteiger partial charge on any atom is -0.469 e. The fraction of sp³-hybridized carbons (Fsp3) is 0.143. The Morgan fingerprint density at radius 1 is 1.43 bits per heavy atom. The molecule has 0 fully saturated rings. The summed E-state index contributed by atoms with van der Waals surface area (Å²) in [6.45, 7) is 0. The van der Waals surface area contributed by atoms with Gasteiger partial charge in [0.25, 0.3) is 0 Å². The maximum absolute atomic E-state index is 13.5. The molecule has 110 valence electrons. The van der Waals surface area contributed by atoms with Gasteiger partial charge in [0, 0.05) is 18.5 Å². The molecule has 21 heavy (non-hydrogen) atoms. The first-order valence-corrected chi connectivity index (χ1v) is 6.20. The van der Waals surface area contributed by atoms with Gasteiger partial charge in [0.05, 0.1) is 11.8 Å². The highest BCUT2D eigenvalue weighted by Gasteiger charge is 2.10. The van der Waals surface area contributed by atoms with Gasteiger partial charge in [0.2, 0.25) is 5.91 Å². The average Bonchev–Trinajstić information content (AvgIpc) is 2.99. The molecule has 1 amide bonds. The molecule has 0 spiro atoms. The summed E-state index contributed by atoms with van der Waals surface area (Å²) in [5, 5.41) is 13.9. The number of amides is 1. The largest absolute Gasteiger partial charge is 0.469 e. The number of carbonyl (C=O) groups excluding carboxylic acids is 1. The molecule has 1 aromatic heterocycles. The van der Waals surface area contributed by atoms with E-state index in [2.05, 4.69) is 10.5 Å². The van der Waals surface area contributed by atoms with Gasteiger partial charge in [-0.3, -0.25) is 4.79 Å². The lowest BCUT2D eigenvalue weighted by molar-refractivity contribution is -0.116. The van der Waals surface area contributed by atoms with E-state index in [0.717, 1.165) is 6.07 Å². The Morgan fingerprint density at radius 3 is 2.90 bits per heavy atom. The lowest BCUT2D eigenvalue weighted by atomic mass is 10.1. The number of carbonyl (C=O) groups is 1. The van der Waals surface area contributed by atoms with E-state index in [1.165, 1.54) is 18.4 Å². The van der Waals surface area contributed by atoms with Crippen molar-refractivity contribution in [3.05, 3.63) is 53.7 Å². The van der Waals surface area contributed by atoms with Crippen LogP contribution in [0.15, 0.2) is 46.2 Å². The van der Waals surface area contributed by atoms with Crippen LogP contribution in [0, 0.1) is 5.82 Å². The third-order valence-corrected chi connectivity index (χ3v) is 2.81. The Labute approximate surface area is 120 Å². The van der Waals surface area contributed by atoms with Crippen molar-refractivity contribution in [2.75, 3.05) is 5.32 Å². The minimum atomic E-state index is -0.640. The molecule has 1 heterocycles. The van der Waals surface area contributed by atoms with Gasteiger partial charge in [-0.05, 0) is 30.3 Å². The zero-order valence-electron chi connectivity index (χ0n) is 11.0. The highest BCUT2D eigenvalue weighted by Crippen LogP contribution is 2.15. The minimum absolute atomic E-state index is 0.0821. The van der Waals surface area contributed by atoms with Gasteiger partial charge in [0.15, 0.2) is 5.84 Å². The van der Waals surface area contributed by atoms with Crippen LogP contribution >= 0.6 is 0 Å². The Morgan fingerprint density at radius 2 is 2.24 bits per heavy atom. The molecule has 0 bridgehead atoms. The number of nitrogens with zero attached hydrogens (tertiary/aromatic N) is 1. The Bertz CT molecular complexity index is 653. The number of nitrogens with two attached hydrogens (primary N) is 1. The molecule has 0 aliphatic heterocycles. The lowest BCUT2D eigenvalue weighted by Crippen LogP contribution is -2.17. The van der Waals surface area contributed by atoms with Crippen LogP contribution in [0.5, 0.6) is 0 Å². The fourth-order valence-corrected chi connectivity index (χ4v) is 1.77. The average molecular weight is 291 g/mol. The summed E-state index contributed by atoms with van der Waals surface area (Å²) in [4.78, 5) is 11.8. The SMILES string of the molecule is NC(=NO)c1cc(NC(=O)CCc2ccco2)ccc1F. The quantitative estimate of drug-likeness (QED) is 0.340. The van der Waals surface area contributed by atoms with Gasteiger partial charge in [0.1, 0.15) is 11.6 Å². The van der Waals surface area contributed by atoms with Crippen molar-refractivity contribution < 1.29 is 18.8 Å². The molecule has 0 saturated carbocycles. The van der Waals surface area contributed by atoms with Crippen LogP contribution in [0.3, 0.4) is 0 Å². The molecule has 0 saturated heterocycles. The van der Waals surface area contributed by atoms with E-state index in [1.807, 2.05) is 0 Å². The Balaban J connectivity index is 2.00. The number of aryl methyl sites for hydroxylation is 1. The third-order valence-electron chi connectivity index (χ3n) is 2.81. The number of hydrogen-bond acceptors (Lipinski definition) is 4. The smallest absolute Gasteiger partial charge is 0.224 e. The number of amidine groups is 1. The van der Waals surface area contributed by atoms with Crippen LogP contribution in [0.2, 0.25) is 0 Å². The predicted octanol–water partition coefficient (Wildman–Crippen LogP) is 2.08. The van der Waals surface area contributed by atoms with Gasteiger partial charge in [-0.1, -0.05) is 5.16 Å². The van der Waals surface area contributed by atoms with Gasteiger partial charge in [-0.15, -0.1) is 0 Å². The first-order valence-electron chi connectivity index (χ1n) is 6.20. The lowest BCUT2D eigenvalue weighted by Gasteiger charge is -2.07. The molecule has 0 unspecified atom stereocenters. The number of halogens is 1. The topological polar surface area (TPSA) is 101 Å². The van der Waals surface area contributed by atoms with Crippen LogP contribution in [-0.2, 0) is 11.2 Å². The number of nitrogens with one attached hydrogen (secondary N) is 1. The second-order valence-electron chi connectivity index (χ2n) is 4.31. The molecule has 2 rings (SSSR count). The van der Waals surface area contributed by atoms with Gasteiger partial charge >= 0.3 is 0 Å². The highest BCUT2D eigenvalue weighted by molar-refractivity contribution is 5.99. The standard InChI is InChI=1S/C14H14FN3O3/c15-12-5-3-9(8-11(12)14(16)18-20)17-13(19)6-4-10-2-1-7-21-10/h1-3,5,7-8,20H,4,6H2,(H2,16,18)(H,17,19). The maximum atomic E-state index is 13.5. The van der Waals surface area contributed by atoms with Gasteiger partial charge < -0.3 is 20.7 Å². The van der Waals surface area contributed by atoms with E-state index in [9.17, 15) is 9.18 Å². The zero-order chi connectivity index (χ0) is 15.2. The normalized spacial score (nSPS) is 11.4. The first-order chi connectivity index (χ1) is 10.1. The summed E-state index contributed by atoms with van der Waals surface area (Å²) in [7, 11) is 0. The van der Waals surface area contributed by atoms with Crippen LogP contribution in [0.25, 0.3) is 0 Å². The number of benzene rings is 1. The molecule has 6 nitrogen and oxygen atoms in total. The van der Waals surface area contributed by atoms with E-state index >= 15 is 0 Å². The molecule has 0 aliphatic rings. The molecular weight excluding hydrogens is 277 g/mol. The second-order valence-corrected chi connectivity index (χ2v) is 4.31. The van der Waals surface area contributed by atoms with E-state index in [0.29, 0.717) is 17.9 Å². The number of hydrogen-bond donors (Lipinski definition) is 3. The molecule has 0 aliphatic carbocycles. The van der Waals surface area contributed by atoms with Crippen molar-refractivity contribution >= 4 is 17.4 Å². The summed E-state index contributed by atoms with van der Waals surface area (Å²) in [5.74, 6) is -0.539. The predicted molar refractivity (Wildman–Crippen MR) is 74.6 cm³/mol. The number of anilines is 1. The van der Waals surface area contributed by atoms with Crippen molar-refractivity contribution in [2.45, 2.75) is 12.8 Å². The molecule has 7 heteroatoms. The van der Waals surface area contributed by atoms with Gasteiger partial charge in [-0.2, -0.15) is 0 Å². The Kier molecular flexibility index (Phi) is 4.55. The van der Waals surface area contributed by atoms with Gasteiger partial charge in [-0.25, -0.2) is 4.39 Å². The van der Waals surface area contributed by atoms with Crippen LogP contribution in [0.4, 0.5) is 10.1 Å². The van der Waals surface area contributed by atoms with Crippen LogP contribution < -0.4 is 11.1 Å². The van der Waals surface area contributed by atoms with Crippen molar-refractivity contribution in [1.82, 2.24) is 0 Å². The molecule has 0 radical (unpaired) electrons. The van der Waals surface area contributed by atoms with Crippen molar-refractivity contribution in [2.24, 2.45) is 10.9 Å². The van der Waals surface area contributed by atoms with Crippen LogP contribution in [-0.4, -0.2) is 17.0 Å². The van der Waals surface area contributed by atoms with E-state index in [4.69, 9.17) is 15.4 Å². The number of oxime groups is 1. The monoisotopic (exact) mass is 291 g/mol.